The average Bonchev–Trinajstić information content (AvgIpc) is 3.37. The molecule has 1 atom stereocenters. The first-order chi connectivity index (χ1) is 16.6. The second-order valence-corrected chi connectivity index (χ2v) is 10.0. The average molecular weight is 475 g/mol. The molecule has 4 heterocycles. The van der Waals surface area contributed by atoms with Crippen LogP contribution in [0.1, 0.15) is 44.9 Å². The summed E-state index contributed by atoms with van der Waals surface area (Å²) in [4.78, 5) is 32.3. The van der Waals surface area contributed by atoms with Crippen molar-refractivity contribution in [3.8, 4) is 0 Å². The highest BCUT2D eigenvalue weighted by molar-refractivity contribution is 5.80. The summed E-state index contributed by atoms with van der Waals surface area (Å²) in [7, 11) is 1.60. The Morgan fingerprint density at radius 2 is 1.88 bits per heavy atom. The molecule has 3 aliphatic heterocycles. The molecule has 9 heteroatoms. The number of anilines is 1. The first-order valence-corrected chi connectivity index (χ1v) is 13.2. The van der Waals surface area contributed by atoms with E-state index in [9.17, 15) is 9.59 Å². The Morgan fingerprint density at radius 3 is 2.62 bits per heavy atom. The van der Waals surface area contributed by atoms with Crippen LogP contribution in [0.5, 0.6) is 0 Å². The number of nitrogens with zero attached hydrogens (tertiary/aromatic N) is 5. The molecule has 3 saturated heterocycles. The van der Waals surface area contributed by atoms with Gasteiger partial charge in [0.1, 0.15) is 0 Å². The Bertz CT molecular complexity index is 832. The minimum atomic E-state index is -0.137. The zero-order valence-corrected chi connectivity index (χ0v) is 20.8. The highest BCUT2D eigenvalue weighted by atomic mass is 16.5. The fraction of sp³-hybridized carbons (Fsp3) is 0.800. The van der Waals surface area contributed by atoms with E-state index in [1.807, 2.05) is 0 Å². The Balaban J connectivity index is 1.12. The van der Waals surface area contributed by atoms with Gasteiger partial charge in [0.25, 0.3) is 5.56 Å². The quantitative estimate of drug-likeness (QED) is 0.510. The molecule has 0 aliphatic carbocycles. The van der Waals surface area contributed by atoms with Crippen molar-refractivity contribution in [2.45, 2.75) is 57.5 Å². The third-order valence-electron chi connectivity index (χ3n) is 7.70. The summed E-state index contributed by atoms with van der Waals surface area (Å²) >= 11 is 0. The summed E-state index contributed by atoms with van der Waals surface area (Å²) in [6, 6.07) is 2.40. The van der Waals surface area contributed by atoms with E-state index in [-0.39, 0.29) is 17.4 Å². The van der Waals surface area contributed by atoms with Gasteiger partial charge in [-0.15, -0.1) is 0 Å². The summed E-state index contributed by atoms with van der Waals surface area (Å²) in [6.45, 7) is 9.06. The molecule has 1 unspecified atom stereocenters. The van der Waals surface area contributed by atoms with Crippen molar-refractivity contribution < 1.29 is 9.53 Å². The Kier molecular flexibility index (Phi) is 9.35. The van der Waals surface area contributed by atoms with Gasteiger partial charge in [0.15, 0.2) is 0 Å². The van der Waals surface area contributed by atoms with Gasteiger partial charge in [0.05, 0.1) is 31.0 Å². The number of rotatable bonds is 10. The third-order valence-corrected chi connectivity index (χ3v) is 7.70. The SMILES string of the molecule is COCCn1ncc(N2CCC(C(=O)NCCCN3CCC(N4CCCCC4)CC3)C2)cc1=O. The van der Waals surface area contributed by atoms with Crippen LogP contribution in [0.2, 0.25) is 0 Å². The first kappa shape index (κ1) is 25.1. The molecule has 4 rings (SSSR count). The molecule has 0 saturated carbocycles. The van der Waals surface area contributed by atoms with Crippen LogP contribution < -0.4 is 15.8 Å². The van der Waals surface area contributed by atoms with Crippen LogP contribution in [0.3, 0.4) is 0 Å². The number of likely N-dealkylation sites (tertiary alicyclic amines) is 2. The minimum absolute atomic E-state index is 0.0313. The van der Waals surface area contributed by atoms with E-state index in [1.54, 1.807) is 19.4 Å². The molecule has 9 nitrogen and oxygen atoms in total. The zero-order chi connectivity index (χ0) is 23.8. The van der Waals surface area contributed by atoms with E-state index >= 15 is 0 Å². The van der Waals surface area contributed by atoms with Crippen LogP contribution in [-0.4, -0.2) is 97.6 Å². The van der Waals surface area contributed by atoms with Crippen LogP contribution >= 0.6 is 0 Å². The predicted octanol–water partition coefficient (Wildman–Crippen LogP) is 1.17. The first-order valence-electron chi connectivity index (χ1n) is 13.2. The maximum Gasteiger partial charge on any atom is 0.268 e. The van der Waals surface area contributed by atoms with Crippen molar-refractivity contribution in [3.05, 3.63) is 22.6 Å². The van der Waals surface area contributed by atoms with Crippen molar-refractivity contribution >= 4 is 11.6 Å². The standard InChI is InChI=1S/C25H42N6O3/c1-34-17-16-31-24(32)18-23(19-27-31)30-15-6-21(20-30)25(33)26-9-5-10-28-13-7-22(8-14-28)29-11-3-2-4-12-29/h18-19,21-22H,2-17,20H2,1H3,(H,26,33). The number of hydrogen-bond donors (Lipinski definition) is 1. The maximum atomic E-state index is 12.7. The summed E-state index contributed by atoms with van der Waals surface area (Å²) < 4.78 is 6.42. The number of methoxy groups -OCH3 is 1. The van der Waals surface area contributed by atoms with Crippen LogP contribution in [-0.2, 0) is 16.1 Å². The van der Waals surface area contributed by atoms with Gasteiger partial charge in [-0.05, 0) is 71.2 Å². The lowest BCUT2D eigenvalue weighted by molar-refractivity contribution is -0.124. The summed E-state index contributed by atoms with van der Waals surface area (Å²) in [5.74, 6) is 0.101. The smallest absolute Gasteiger partial charge is 0.268 e. The molecule has 190 valence electrons. The molecule has 1 aromatic rings. The number of amides is 1. The molecule has 3 aliphatic rings. The number of carbonyl (C=O) groups excluding carboxylic acids is 1. The number of aromatic nitrogens is 2. The van der Waals surface area contributed by atoms with E-state index < -0.39 is 0 Å². The molecule has 1 amide bonds. The van der Waals surface area contributed by atoms with Gasteiger partial charge in [0, 0.05) is 38.9 Å². The Hall–Kier alpha value is -1.97. The lowest BCUT2D eigenvalue weighted by atomic mass is 10.00. The second kappa shape index (κ2) is 12.7. The van der Waals surface area contributed by atoms with E-state index in [0.29, 0.717) is 19.7 Å². The third kappa shape index (κ3) is 6.79. The second-order valence-electron chi connectivity index (χ2n) is 10.0. The van der Waals surface area contributed by atoms with Crippen LogP contribution in [0.15, 0.2) is 17.1 Å². The predicted molar refractivity (Wildman–Crippen MR) is 133 cm³/mol. The van der Waals surface area contributed by atoms with E-state index in [1.165, 1.54) is 63.0 Å². The van der Waals surface area contributed by atoms with Crippen molar-refractivity contribution in [1.29, 1.82) is 0 Å². The number of nitrogens with one attached hydrogen (secondary N) is 1. The fourth-order valence-corrected chi connectivity index (χ4v) is 5.60. The van der Waals surface area contributed by atoms with Crippen molar-refractivity contribution in [2.24, 2.45) is 5.92 Å². The van der Waals surface area contributed by atoms with Crippen LogP contribution in [0.4, 0.5) is 5.69 Å². The van der Waals surface area contributed by atoms with Crippen LogP contribution in [0, 0.1) is 5.92 Å². The Morgan fingerprint density at radius 1 is 1.09 bits per heavy atom. The van der Waals surface area contributed by atoms with Gasteiger partial charge < -0.3 is 24.8 Å². The molecule has 0 bridgehead atoms. The monoisotopic (exact) mass is 474 g/mol. The van der Waals surface area contributed by atoms with Crippen molar-refractivity contribution in [1.82, 2.24) is 24.9 Å². The normalized spacial score (nSPS) is 22.9. The maximum absolute atomic E-state index is 12.7. The Labute approximate surface area is 203 Å². The van der Waals surface area contributed by atoms with Crippen molar-refractivity contribution in [2.75, 3.05) is 71.0 Å². The molecule has 1 aromatic heterocycles. The van der Waals surface area contributed by atoms with Gasteiger partial charge in [-0.25, -0.2) is 4.68 Å². The molecule has 3 fully saturated rings. The zero-order valence-electron chi connectivity index (χ0n) is 20.8. The van der Waals surface area contributed by atoms with E-state index in [4.69, 9.17) is 4.74 Å². The molecule has 0 aromatic carbocycles. The number of piperidine rings is 2. The molecule has 34 heavy (non-hydrogen) atoms. The molecular formula is C25H42N6O3. The van der Waals surface area contributed by atoms with Crippen LogP contribution in [0.25, 0.3) is 0 Å². The molecule has 1 N–H and O–H groups in total. The van der Waals surface area contributed by atoms with Crippen molar-refractivity contribution in [3.63, 3.8) is 0 Å². The number of carbonyl (C=O) groups is 1. The van der Waals surface area contributed by atoms with E-state index in [2.05, 4.69) is 25.1 Å². The molecule has 0 radical (unpaired) electrons. The van der Waals surface area contributed by atoms with Gasteiger partial charge in [-0.2, -0.15) is 5.10 Å². The molecular weight excluding hydrogens is 432 g/mol. The summed E-state index contributed by atoms with van der Waals surface area (Å²) in [6.07, 6.45) is 10.2. The highest BCUT2D eigenvalue weighted by Crippen LogP contribution is 2.23. The van der Waals surface area contributed by atoms with Gasteiger partial charge in [-0.3, -0.25) is 9.59 Å². The van der Waals surface area contributed by atoms with Gasteiger partial charge in [-0.1, -0.05) is 6.42 Å². The lowest BCUT2D eigenvalue weighted by Gasteiger charge is -2.40. The lowest BCUT2D eigenvalue weighted by Crippen LogP contribution is -2.47. The van der Waals surface area contributed by atoms with Gasteiger partial charge >= 0.3 is 0 Å². The topological polar surface area (TPSA) is 82.9 Å². The molecule has 0 spiro atoms. The van der Waals surface area contributed by atoms with Gasteiger partial charge in [0.2, 0.25) is 5.91 Å². The summed E-state index contributed by atoms with van der Waals surface area (Å²) in [5.41, 5.74) is 0.657. The number of hydrogen-bond acceptors (Lipinski definition) is 7. The minimum Gasteiger partial charge on any atom is -0.383 e. The summed E-state index contributed by atoms with van der Waals surface area (Å²) in [5, 5.41) is 7.39. The van der Waals surface area contributed by atoms with E-state index in [0.717, 1.165) is 44.2 Å². The largest absolute Gasteiger partial charge is 0.383 e. The number of ether oxygens (including phenoxy) is 1. The fourth-order valence-electron chi connectivity index (χ4n) is 5.60. The highest BCUT2D eigenvalue weighted by Gasteiger charge is 2.29.